The lowest BCUT2D eigenvalue weighted by atomic mass is 10.0. The molecule has 1 N–H and O–H groups in total. The van der Waals surface area contributed by atoms with E-state index in [1.165, 1.54) is 6.07 Å². The van der Waals surface area contributed by atoms with E-state index in [9.17, 15) is 13.9 Å². The Kier molecular flexibility index (Phi) is 3.50. The molecule has 21 heavy (non-hydrogen) atoms. The van der Waals surface area contributed by atoms with E-state index in [0.717, 1.165) is 17.7 Å². The minimum absolute atomic E-state index is 0.232. The molecule has 0 aliphatic rings. The van der Waals surface area contributed by atoms with Crippen LogP contribution in [0.5, 0.6) is 0 Å². The quantitative estimate of drug-likeness (QED) is 0.797. The van der Waals surface area contributed by atoms with Crippen LogP contribution in [0.4, 0.5) is 8.78 Å². The first-order valence-corrected chi connectivity index (χ1v) is 6.31. The summed E-state index contributed by atoms with van der Waals surface area (Å²) < 4.78 is 31.5. The average molecular weight is 287 g/mol. The molecule has 0 fully saturated rings. The molecule has 0 aliphatic carbocycles. The smallest absolute Gasteiger partial charge is 0.173 e. The van der Waals surface area contributed by atoms with Crippen LogP contribution in [-0.2, 0) is 6.61 Å². The highest BCUT2D eigenvalue weighted by molar-refractivity contribution is 5.72. The van der Waals surface area contributed by atoms with Gasteiger partial charge in [-0.1, -0.05) is 35.5 Å². The molecule has 3 nitrogen and oxygen atoms in total. The highest BCUT2D eigenvalue weighted by Gasteiger charge is 2.19. The molecule has 3 rings (SSSR count). The Morgan fingerprint density at radius 1 is 0.952 bits per heavy atom. The summed E-state index contributed by atoms with van der Waals surface area (Å²) >= 11 is 0. The van der Waals surface area contributed by atoms with E-state index in [1.54, 1.807) is 0 Å². The van der Waals surface area contributed by atoms with E-state index in [-0.39, 0.29) is 12.4 Å². The topological polar surface area (TPSA) is 46.3 Å². The van der Waals surface area contributed by atoms with E-state index in [0.29, 0.717) is 16.8 Å². The number of rotatable bonds is 3. The predicted octanol–water partition coefficient (Wildman–Crippen LogP) is 3.78. The maximum absolute atomic E-state index is 13.3. The number of benzene rings is 2. The zero-order valence-electron chi connectivity index (χ0n) is 10.9. The summed E-state index contributed by atoms with van der Waals surface area (Å²) in [6.07, 6.45) is 0. The van der Waals surface area contributed by atoms with E-state index < -0.39 is 11.6 Å². The Bertz CT molecular complexity index is 769. The molecule has 0 atom stereocenters. The fraction of sp³-hybridized carbons (Fsp3) is 0.0625. The van der Waals surface area contributed by atoms with Gasteiger partial charge in [0.25, 0.3) is 0 Å². The van der Waals surface area contributed by atoms with Gasteiger partial charge in [0.15, 0.2) is 17.4 Å². The first-order chi connectivity index (χ1) is 10.2. The maximum atomic E-state index is 13.3. The lowest BCUT2D eigenvalue weighted by Gasteiger charge is -2.02. The van der Waals surface area contributed by atoms with Gasteiger partial charge in [0.2, 0.25) is 0 Å². The second-order valence-corrected chi connectivity index (χ2v) is 4.49. The fourth-order valence-electron chi connectivity index (χ4n) is 2.14. The van der Waals surface area contributed by atoms with Crippen LogP contribution in [0.25, 0.3) is 22.6 Å². The van der Waals surface area contributed by atoms with Crippen molar-refractivity contribution in [3.05, 3.63) is 65.7 Å². The number of nitrogens with zero attached hydrogens (tertiary/aromatic N) is 1. The summed E-state index contributed by atoms with van der Waals surface area (Å²) in [6.45, 7) is -0.317. The summed E-state index contributed by atoms with van der Waals surface area (Å²) in [7, 11) is 0. The van der Waals surface area contributed by atoms with Gasteiger partial charge in [-0.05, 0) is 18.2 Å². The van der Waals surface area contributed by atoms with E-state index in [2.05, 4.69) is 5.16 Å². The number of halogens is 2. The number of hydrogen-bond acceptors (Lipinski definition) is 3. The van der Waals surface area contributed by atoms with Crippen molar-refractivity contribution in [3.8, 4) is 22.6 Å². The van der Waals surface area contributed by atoms with Gasteiger partial charge < -0.3 is 9.63 Å². The minimum Gasteiger partial charge on any atom is -0.391 e. The van der Waals surface area contributed by atoms with Gasteiger partial charge in [-0.3, -0.25) is 0 Å². The highest BCUT2D eigenvalue weighted by atomic mass is 19.2. The third-order valence-corrected chi connectivity index (χ3v) is 3.18. The van der Waals surface area contributed by atoms with Crippen molar-refractivity contribution in [3.63, 3.8) is 0 Å². The molecule has 1 aromatic heterocycles. The molecule has 0 amide bonds. The molecule has 0 saturated carbocycles. The van der Waals surface area contributed by atoms with Gasteiger partial charge in [-0.25, -0.2) is 8.78 Å². The Balaban J connectivity index is 2.12. The van der Waals surface area contributed by atoms with Crippen molar-refractivity contribution in [1.82, 2.24) is 5.16 Å². The Labute approximate surface area is 119 Å². The summed E-state index contributed by atoms with van der Waals surface area (Å²) in [5.41, 5.74) is 2.02. The third-order valence-electron chi connectivity index (χ3n) is 3.18. The molecule has 3 aromatic rings. The molecule has 5 heteroatoms. The number of aromatic nitrogens is 1. The van der Waals surface area contributed by atoms with Crippen molar-refractivity contribution in [2.24, 2.45) is 0 Å². The van der Waals surface area contributed by atoms with Crippen molar-refractivity contribution in [1.29, 1.82) is 0 Å². The van der Waals surface area contributed by atoms with Crippen LogP contribution in [-0.4, -0.2) is 10.3 Å². The van der Waals surface area contributed by atoms with Crippen LogP contribution >= 0.6 is 0 Å². The molecule has 1 heterocycles. The van der Waals surface area contributed by atoms with Crippen molar-refractivity contribution < 1.29 is 18.4 Å². The van der Waals surface area contributed by atoms with Crippen molar-refractivity contribution >= 4 is 0 Å². The lowest BCUT2D eigenvalue weighted by molar-refractivity contribution is 0.281. The second-order valence-electron chi connectivity index (χ2n) is 4.49. The summed E-state index contributed by atoms with van der Waals surface area (Å²) in [5.74, 6) is -1.68. The number of aliphatic hydroxyl groups is 1. The molecular formula is C16H11F2NO2. The minimum atomic E-state index is -0.978. The van der Waals surface area contributed by atoms with Gasteiger partial charge in [0.05, 0.1) is 12.2 Å². The standard InChI is InChI=1S/C16H11F2NO2/c17-13-7-6-11(8-14(13)18)16-12(9-20)15(19-21-16)10-4-2-1-3-5-10/h1-8,20H,9H2. The summed E-state index contributed by atoms with van der Waals surface area (Å²) in [5, 5.41) is 13.5. The van der Waals surface area contributed by atoms with Crippen LogP contribution in [0.3, 0.4) is 0 Å². The SMILES string of the molecule is OCc1c(-c2ccccc2)noc1-c1ccc(F)c(F)c1. The lowest BCUT2D eigenvalue weighted by Crippen LogP contribution is -1.90. The molecule has 106 valence electrons. The second kappa shape index (κ2) is 5.46. The van der Waals surface area contributed by atoms with Gasteiger partial charge in [-0.2, -0.15) is 0 Å². The van der Waals surface area contributed by atoms with E-state index in [4.69, 9.17) is 4.52 Å². The first kappa shape index (κ1) is 13.5. The van der Waals surface area contributed by atoms with Gasteiger partial charge >= 0.3 is 0 Å². The molecule has 0 bridgehead atoms. The van der Waals surface area contributed by atoms with Crippen LogP contribution in [0, 0.1) is 11.6 Å². The van der Waals surface area contributed by atoms with Gasteiger partial charge in [0.1, 0.15) is 5.69 Å². The summed E-state index contributed by atoms with van der Waals surface area (Å²) in [4.78, 5) is 0. The van der Waals surface area contributed by atoms with E-state index in [1.807, 2.05) is 30.3 Å². The van der Waals surface area contributed by atoms with Gasteiger partial charge in [-0.15, -0.1) is 0 Å². The zero-order chi connectivity index (χ0) is 14.8. The fourth-order valence-corrected chi connectivity index (χ4v) is 2.14. The molecule has 0 saturated heterocycles. The molecular weight excluding hydrogens is 276 g/mol. The zero-order valence-corrected chi connectivity index (χ0v) is 10.9. The monoisotopic (exact) mass is 287 g/mol. The molecule has 0 spiro atoms. The average Bonchev–Trinajstić information content (AvgIpc) is 2.94. The Hall–Kier alpha value is -2.53. The van der Waals surface area contributed by atoms with E-state index >= 15 is 0 Å². The molecule has 0 radical (unpaired) electrons. The number of hydrogen-bond donors (Lipinski definition) is 1. The predicted molar refractivity (Wildman–Crippen MR) is 73.2 cm³/mol. The first-order valence-electron chi connectivity index (χ1n) is 6.31. The highest BCUT2D eigenvalue weighted by Crippen LogP contribution is 2.32. The van der Waals surface area contributed by atoms with Crippen LogP contribution in [0.15, 0.2) is 53.1 Å². The normalized spacial score (nSPS) is 10.8. The van der Waals surface area contributed by atoms with Crippen LogP contribution < -0.4 is 0 Å². The Morgan fingerprint density at radius 3 is 2.38 bits per heavy atom. The van der Waals surface area contributed by atoms with Crippen LogP contribution in [0.1, 0.15) is 5.56 Å². The number of aliphatic hydroxyl groups excluding tert-OH is 1. The van der Waals surface area contributed by atoms with Crippen molar-refractivity contribution in [2.75, 3.05) is 0 Å². The van der Waals surface area contributed by atoms with Crippen LogP contribution in [0.2, 0.25) is 0 Å². The third kappa shape index (κ3) is 2.43. The Morgan fingerprint density at radius 2 is 1.71 bits per heavy atom. The molecule has 2 aromatic carbocycles. The van der Waals surface area contributed by atoms with Gasteiger partial charge in [0, 0.05) is 11.1 Å². The summed E-state index contributed by atoms with van der Waals surface area (Å²) in [6, 6.07) is 12.6. The molecule has 0 aliphatic heterocycles. The molecule has 0 unspecified atom stereocenters. The maximum Gasteiger partial charge on any atom is 0.173 e. The van der Waals surface area contributed by atoms with Crippen molar-refractivity contribution in [2.45, 2.75) is 6.61 Å². The largest absolute Gasteiger partial charge is 0.391 e.